The Morgan fingerprint density at radius 3 is 2.77 bits per heavy atom. The van der Waals surface area contributed by atoms with E-state index in [9.17, 15) is 9.90 Å². The van der Waals surface area contributed by atoms with Crippen LogP contribution in [0.2, 0.25) is 0 Å². The Labute approximate surface area is 131 Å². The lowest BCUT2D eigenvalue weighted by atomic mass is 9.95. The Bertz CT molecular complexity index is 541. The molecule has 1 atom stereocenters. The second kappa shape index (κ2) is 6.57. The Morgan fingerprint density at radius 2 is 2.05 bits per heavy atom. The van der Waals surface area contributed by atoms with Crippen molar-refractivity contribution in [2.75, 3.05) is 18.6 Å². The Morgan fingerprint density at radius 1 is 1.27 bits per heavy atom. The molecule has 1 fully saturated rings. The lowest BCUT2D eigenvalue weighted by molar-refractivity contribution is 0.163. The molecule has 0 spiro atoms. The third kappa shape index (κ3) is 3.04. The number of nitrogens with one attached hydrogen (secondary N) is 1. The molecule has 0 radical (unpaired) electrons. The highest BCUT2D eigenvalue weighted by atomic mass is 16.5. The predicted molar refractivity (Wildman–Crippen MR) is 85.3 cm³/mol. The van der Waals surface area contributed by atoms with Crippen LogP contribution in [0.4, 0.5) is 10.5 Å². The van der Waals surface area contributed by atoms with Crippen molar-refractivity contribution in [2.24, 2.45) is 0 Å². The number of fused-ring (bicyclic) bond motifs is 1. The van der Waals surface area contributed by atoms with E-state index in [4.69, 9.17) is 4.74 Å². The molecule has 2 aliphatic rings. The number of urea groups is 1. The van der Waals surface area contributed by atoms with Gasteiger partial charge >= 0.3 is 6.03 Å². The highest BCUT2D eigenvalue weighted by molar-refractivity contribution is 5.93. The summed E-state index contributed by atoms with van der Waals surface area (Å²) in [5.74, 6) is 0.698. The van der Waals surface area contributed by atoms with Gasteiger partial charge in [0, 0.05) is 24.2 Å². The summed E-state index contributed by atoms with van der Waals surface area (Å²) in [7, 11) is 1.60. The monoisotopic (exact) mass is 304 g/mol. The van der Waals surface area contributed by atoms with Crippen molar-refractivity contribution in [1.82, 2.24) is 5.32 Å². The minimum absolute atomic E-state index is 0.0618. The number of benzene rings is 1. The van der Waals surface area contributed by atoms with E-state index in [-0.39, 0.29) is 12.1 Å². The van der Waals surface area contributed by atoms with Crippen LogP contribution in [0.1, 0.15) is 50.2 Å². The number of methoxy groups -OCH3 is 1. The first kappa shape index (κ1) is 15.2. The fourth-order valence-electron chi connectivity index (χ4n) is 3.40. The van der Waals surface area contributed by atoms with Gasteiger partial charge in [-0.1, -0.05) is 25.3 Å². The molecule has 22 heavy (non-hydrogen) atoms. The molecular weight excluding hydrogens is 280 g/mol. The molecule has 0 aromatic heterocycles. The summed E-state index contributed by atoms with van der Waals surface area (Å²) in [6.45, 7) is 0.528. The zero-order valence-corrected chi connectivity index (χ0v) is 13.0. The zero-order valence-electron chi connectivity index (χ0n) is 13.0. The molecule has 2 N–H and O–H groups in total. The lowest BCUT2D eigenvalue weighted by Gasteiger charge is -2.34. The van der Waals surface area contributed by atoms with Crippen LogP contribution in [0, 0.1) is 0 Å². The number of hydrogen-bond donors (Lipinski definition) is 2. The smallest absolute Gasteiger partial charge is 0.322 e. The minimum Gasteiger partial charge on any atom is -0.497 e. The Hall–Kier alpha value is -1.75. The number of carbonyl (C=O) groups is 1. The molecule has 0 bridgehead atoms. The molecule has 1 unspecified atom stereocenters. The van der Waals surface area contributed by atoms with Gasteiger partial charge in [-0.15, -0.1) is 0 Å². The number of hydrogen-bond acceptors (Lipinski definition) is 3. The number of rotatable bonds is 2. The van der Waals surface area contributed by atoms with E-state index in [1.165, 1.54) is 19.3 Å². The number of aliphatic hydroxyl groups is 1. The van der Waals surface area contributed by atoms with Crippen LogP contribution in [0.5, 0.6) is 5.75 Å². The van der Waals surface area contributed by atoms with Gasteiger partial charge in [-0.2, -0.15) is 0 Å². The van der Waals surface area contributed by atoms with Crippen LogP contribution < -0.4 is 15.0 Å². The summed E-state index contributed by atoms with van der Waals surface area (Å²) in [5.41, 5.74) is 1.55. The molecule has 120 valence electrons. The number of aliphatic hydroxyl groups excluding tert-OH is 1. The van der Waals surface area contributed by atoms with Crippen molar-refractivity contribution in [2.45, 2.75) is 50.7 Å². The summed E-state index contributed by atoms with van der Waals surface area (Å²) in [6, 6.07) is 5.72. The molecule has 5 heteroatoms. The van der Waals surface area contributed by atoms with Crippen LogP contribution in [0.15, 0.2) is 18.2 Å². The van der Waals surface area contributed by atoms with E-state index >= 15 is 0 Å². The largest absolute Gasteiger partial charge is 0.497 e. The van der Waals surface area contributed by atoms with Crippen LogP contribution in [-0.4, -0.2) is 30.8 Å². The van der Waals surface area contributed by atoms with Gasteiger partial charge in [-0.05, 0) is 25.3 Å². The first-order chi connectivity index (χ1) is 10.7. The molecule has 1 aromatic carbocycles. The normalized spacial score (nSPS) is 22.1. The van der Waals surface area contributed by atoms with Crippen LogP contribution in [0.25, 0.3) is 0 Å². The van der Waals surface area contributed by atoms with Crippen LogP contribution in [-0.2, 0) is 0 Å². The van der Waals surface area contributed by atoms with Gasteiger partial charge in [0.15, 0.2) is 0 Å². The Balaban J connectivity index is 1.79. The quantitative estimate of drug-likeness (QED) is 0.883. The van der Waals surface area contributed by atoms with Gasteiger partial charge in [0.2, 0.25) is 0 Å². The highest BCUT2D eigenvalue weighted by Crippen LogP contribution is 2.36. The van der Waals surface area contributed by atoms with Gasteiger partial charge < -0.3 is 15.2 Å². The van der Waals surface area contributed by atoms with Crippen molar-refractivity contribution in [3.63, 3.8) is 0 Å². The summed E-state index contributed by atoms with van der Waals surface area (Å²) in [6.07, 6.45) is 5.82. The molecule has 0 saturated heterocycles. The SMILES string of the molecule is COc1ccc2c(c1)N(C(=O)NC1CCCCC1)CCC2O. The second-order valence-electron chi connectivity index (χ2n) is 6.17. The molecule has 1 heterocycles. The van der Waals surface area contributed by atoms with Gasteiger partial charge in [-0.25, -0.2) is 4.79 Å². The number of ether oxygens (including phenoxy) is 1. The van der Waals surface area contributed by atoms with Gasteiger partial charge in [0.05, 0.1) is 18.9 Å². The third-order valence-corrected chi connectivity index (χ3v) is 4.69. The lowest BCUT2D eigenvalue weighted by Crippen LogP contribution is -2.47. The molecule has 1 aliphatic carbocycles. The minimum atomic E-state index is -0.514. The van der Waals surface area contributed by atoms with Crippen molar-refractivity contribution < 1.29 is 14.6 Å². The molecular formula is C17H24N2O3. The highest BCUT2D eigenvalue weighted by Gasteiger charge is 2.29. The Kier molecular flexibility index (Phi) is 4.52. The maximum absolute atomic E-state index is 12.6. The van der Waals surface area contributed by atoms with Crippen molar-refractivity contribution in [3.8, 4) is 5.75 Å². The molecule has 5 nitrogen and oxygen atoms in total. The van der Waals surface area contributed by atoms with Crippen molar-refractivity contribution in [3.05, 3.63) is 23.8 Å². The molecule has 1 saturated carbocycles. The van der Waals surface area contributed by atoms with Crippen LogP contribution in [0.3, 0.4) is 0 Å². The fourth-order valence-corrected chi connectivity index (χ4v) is 3.40. The van der Waals surface area contributed by atoms with E-state index in [0.717, 1.165) is 24.1 Å². The second-order valence-corrected chi connectivity index (χ2v) is 6.17. The average Bonchev–Trinajstić information content (AvgIpc) is 2.55. The number of amides is 2. The third-order valence-electron chi connectivity index (χ3n) is 4.69. The summed E-state index contributed by atoms with van der Waals surface area (Å²) < 4.78 is 5.25. The van der Waals surface area contributed by atoms with E-state index in [0.29, 0.717) is 18.7 Å². The molecule has 1 aromatic rings. The fraction of sp³-hybridized carbons (Fsp3) is 0.588. The molecule has 2 amide bonds. The van der Waals surface area contributed by atoms with Crippen LogP contribution >= 0.6 is 0 Å². The van der Waals surface area contributed by atoms with Crippen molar-refractivity contribution >= 4 is 11.7 Å². The predicted octanol–water partition coefficient (Wildman–Crippen LogP) is 2.98. The number of carbonyl (C=O) groups excluding carboxylic acids is 1. The van der Waals surface area contributed by atoms with Crippen molar-refractivity contribution in [1.29, 1.82) is 0 Å². The first-order valence-electron chi connectivity index (χ1n) is 8.13. The zero-order chi connectivity index (χ0) is 15.5. The maximum atomic E-state index is 12.6. The standard InChI is InChI=1S/C17H24N2O3/c1-22-13-7-8-14-15(11-13)19(10-9-16(14)20)17(21)18-12-5-3-2-4-6-12/h7-8,11-12,16,20H,2-6,9-10H2,1H3,(H,18,21). The van der Waals surface area contributed by atoms with E-state index in [1.807, 2.05) is 18.2 Å². The first-order valence-corrected chi connectivity index (χ1v) is 8.13. The topological polar surface area (TPSA) is 61.8 Å². The van der Waals surface area contributed by atoms with E-state index < -0.39 is 6.10 Å². The average molecular weight is 304 g/mol. The van der Waals surface area contributed by atoms with E-state index in [2.05, 4.69) is 5.32 Å². The summed E-state index contributed by atoms with van der Waals surface area (Å²) in [4.78, 5) is 14.4. The molecule has 1 aliphatic heterocycles. The van der Waals surface area contributed by atoms with Gasteiger partial charge in [-0.3, -0.25) is 4.90 Å². The van der Waals surface area contributed by atoms with E-state index in [1.54, 1.807) is 12.0 Å². The number of anilines is 1. The van der Waals surface area contributed by atoms with Gasteiger partial charge in [0.1, 0.15) is 5.75 Å². The van der Waals surface area contributed by atoms with Gasteiger partial charge in [0.25, 0.3) is 0 Å². The summed E-state index contributed by atoms with van der Waals surface area (Å²) >= 11 is 0. The number of nitrogens with zero attached hydrogens (tertiary/aromatic N) is 1. The molecule has 3 rings (SSSR count). The summed E-state index contributed by atoms with van der Waals surface area (Å²) in [5, 5.41) is 13.3. The maximum Gasteiger partial charge on any atom is 0.322 e.